The van der Waals surface area contributed by atoms with Crippen molar-refractivity contribution in [1.29, 1.82) is 0 Å². The zero-order chi connectivity index (χ0) is 9.56. The van der Waals surface area contributed by atoms with E-state index >= 15 is 0 Å². The van der Waals surface area contributed by atoms with Gasteiger partial charge in [0, 0.05) is 14.0 Å². The molecule has 0 aliphatic heterocycles. The first-order valence-electron chi connectivity index (χ1n) is 3.61. The van der Waals surface area contributed by atoms with Crippen LogP contribution in [0.3, 0.4) is 0 Å². The molecule has 0 spiro atoms. The first-order chi connectivity index (χ1) is 5.61. The van der Waals surface area contributed by atoms with Crippen molar-refractivity contribution in [1.82, 2.24) is 5.32 Å². The molecule has 0 radical (unpaired) electrons. The van der Waals surface area contributed by atoms with Gasteiger partial charge >= 0.3 is 5.90 Å². The summed E-state index contributed by atoms with van der Waals surface area (Å²) in [6.07, 6.45) is 0. The van der Waals surface area contributed by atoms with E-state index in [0.717, 1.165) is 0 Å². The number of hydrogen-bond donors (Lipinski definition) is 3. The van der Waals surface area contributed by atoms with E-state index in [1.54, 1.807) is 7.05 Å². The van der Waals surface area contributed by atoms with Crippen LogP contribution in [0.4, 0.5) is 0 Å². The topological polar surface area (TPSA) is 72.5 Å². The Hall–Kier alpha value is -1.10. The highest BCUT2D eigenvalue weighted by Gasteiger charge is 2.19. The third-order valence-corrected chi connectivity index (χ3v) is 1.30. The molecular weight excluding hydrogens is 160 g/mol. The van der Waals surface area contributed by atoms with Gasteiger partial charge in [-0.15, -0.1) is 0 Å². The summed E-state index contributed by atoms with van der Waals surface area (Å²) in [4.78, 5) is 13.2. The molecular formula is C7H15N2O3+. The van der Waals surface area contributed by atoms with Crippen molar-refractivity contribution in [2.24, 2.45) is 0 Å². The summed E-state index contributed by atoms with van der Waals surface area (Å²) in [7, 11) is 3.07. The molecule has 0 saturated carbocycles. The van der Waals surface area contributed by atoms with Crippen molar-refractivity contribution in [3.63, 3.8) is 0 Å². The average molecular weight is 175 g/mol. The van der Waals surface area contributed by atoms with Crippen LogP contribution in [0, 0.1) is 0 Å². The summed E-state index contributed by atoms with van der Waals surface area (Å²) in [5, 5.41) is 11.7. The van der Waals surface area contributed by atoms with Crippen molar-refractivity contribution in [3.8, 4) is 0 Å². The number of rotatable bonds is 4. The third kappa shape index (κ3) is 3.92. The smallest absolute Gasteiger partial charge is 0.357 e. The van der Waals surface area contributed by atoms with Crippen molar-refractivity contribution in [2.45, 2.75) is 13.0 Å². The fourth-order valence-electron chi connectivity index (χ4n) is 0.775. The van der Waals surface area contributed by atoms with Crippen LogP contribution in [-0.2, 0) is 9.53 Å². The molecule has 0 aliphatic rings. The Labute approximate surface area is 71.4 Å². The number of carbonyl (C=O) groups is 1. The molecule has 1 amide bonds. The normalized spacial score (nSPS) is 14.1. The number of aliphatic hydroxyl groups excluding tert-OH is 1. The van der Waals surface area contributed by atoms with Gasteiger partial charge in [-0.1, -0.05) is 0 Å². The highest BCUT2D eigenvalue weighted by Crippen LogP contribution is 1.83. The van der Waals surface area contributed by atoms with Gasteiger partial charge in [0.05, 0.1) is 6.61 Å². The lowest BCUT2D eigenvalue weighted by atomic mass is 10.3. The fourth-order valence-corrected chi connectivity index (χ4v) is 0.775. The van der Waals surface area contributed by atoms with Crippen LogP contribution in [0.15, 0.2) is 0 Å². The number of hydrogen-bond acceptors (Lipinski definition) is 2. The zero-order valence-electron chi connectivity index (χ0n) is 7.55. The molecule has 1 atom stereocenters. The number of methoxy groups -OCH3 is 1. The molecule has 5 heteroatoms. The van der Waals surface area contributed by atoms with E-state index in [9.17, 15) is 9.90 Å². The largest absolute Gasteiger partial charge is 0.462 e. The van der Waals surface area contributed by atoms with Gasteiger partial charge in [-0.25, -0.2) is 4.99 Å². The quantitative estimate of drug-likeness (QED) is 0.335. The second-order valence-corrected chi connectivity index (χ2v) is 2.34. The van der Waals surface area contributed by atoms with Crippen molar-refractivity contribution in [2.75, 3.05) is 20.8 Å². The molecule has 5 nitrogen and oxygen atoms in total. The lowest BCUT2D eigenvalue weighted by Gasteiger charge is -2.10. The predicted octanol–water partition coefficient (Wildman–Crippen LogP) is -2.20. The Morgan fingerprint density at radius 1 is 1.75 bits per heavy atom. The molecule has 0 unspecified atom stereocenters. The van der Waals surface area contributed by atoms with Gasteiger partial charge in [-0.2, -0.15) is 0 Å². The van der Waals surface area contributed by atoms with Crippen LogP contribution in [0.5, 0.6) is 0 Å². The first-order valence-corrected chi connectivity index (χ1v) is 3.61. The number of carbonyl (C=O) groups excluding carboxylic acids is 1. The Bertz CT molecular complexity index is 179. The highest BCUT2D eigenvalue weighted by molar-refractivity contribution is 5.82. The number of nitrogens with one attached hydrogen (secondary N) is 2. The van der Waals surface area contributed by atoms with E-state index in [2.05, 4.69) is 10.3 Å². The Morgan fingerprint density at radius 2 is 2.33 bits per heavy atom. The van der Waals surface area contributed by atoms with E-state index in [0.29, 0.717) is 0 Å². The Kier molecular flexibility index (Phi) is 5.03. The van der Waals surface area contributed by atoms with Gasteiger partial charge in [0.15, 0.2) is 6.04 Å². The van der Waals surface area contributed by atoms with Gasteiger partial charge in [0.1, 0.15) is 7.05 Å². The van der Waals surface area contributed by atoms with Crippen molar-refractivity contribution >= 4 is 11.8 Å². The maximum Gasteiger partial charge on any atom is 0.357 e. The van der Waals surface area contributed by atoms with E-state index in [1.807, 2.05) is 0 Å². The molecule has 0 rings (SSSR count). The van der Waals surface area contributed by atoms with Gasteiger partial charge in [-0.05, 0) is 0 Å². The van der Waals surface area contributed by atoms with E-state index in [4.69, 9.17) is 4.74 Å². The molecule has 0 aromatic rings. The lowest BCUT2D eigenvalue weighted by Crippen LogP contribution is -2.73. The Morgan fingerprint density at radius 3 is 2.67 bits per heavy atom. The summed E-state index contributed by atoms with van der Waals surface area (Å²) in [6.45, 7) is 1.62. The SMILES string of the molecule is C[NH+]=C(O)[C@@H](COC)NC(C)=O. The lowest BCUT2D eigenvalue weighted by molar-refractivity contribution is -0.432. The Balaban J connectivity index is 4.12. The first kappa shape index (κ1) is 10.9. The summed E-state index contributed by atoms with van der Waals surface area (Å²) in [5.74, 6) is -0.217. The molecule has 70 valence electrons. The van der Waals surface area contributed by atoms with E-state index in [-0.39, 0.29) is 18.4 Å². The molecule has 3 N–H and O–H groups in total. The summed E-state index contributed by atoms with van der Waals surface area (Å²) < 4.78 is 4.79. The van der Waals surface area contributed by atoms with Crippen molar-refractivity contribution in [3.05, 3.63) is 0 Å². The minimum atomic E-state index is -0.488. The highest BCUT2D eigenvalue weighted by atomic mass is 16.5. The monoisotopic (exact) mass is 175 g/mol. The third-order valence-electron chi connectivity index (χ3n) is 1.30. The second kappa shape index (κ2) is 5.54. The molecule has 0 fully saturated rings. The van der Waals surface area contributed by atoms with Crippen LogP contribution >= 0.6 is 0 Å². The molecule has 0 aromatic carbocycles. The maximum absolute atomic E-state index is 10.6. The minimum Gasteiger partial charge on any atom is -0.462 e. The molecule has 0 bridgehead atoms. The van der Waals surface area contributed by atoms with Gasteiger partial charge in [-0.3, -0.25) is 4.79 Å². The van der Waals surface area contributed by atoms with E-state index < -0.39 is 6.04 Å². The molecule has 0 aliphatic carbocycles. The molecule has 12 heavy (non-hydrogen) atoms. The van der Waals surface area contributed by atoms with E-state index in [1.165, 1.54) is 14.0 Å². The number of amides is 1. The maximum atomic E-state index is 10.6. The molecule has 0 saturated heterocycles. The molecule has 0 heterocycles. The molecule has 0 aromatic heterocycles. The van der Waals surface area contributed by atoms with Gasteiger partial charge in [0.2, 0.25) is 5.91 Å². The van der Waals surface area contributed by atoms with Crippen LogP contribution in [0.2, 0.25) is 0 Å². The number of aliphatic hydroxyl groups is 1. The summed E-state index contributed by atoms with van der Waals surface area (Å²) in [6, 6.07) is -0.488. The van der Waals surface area contributed by atoms with Crippen LogP contribution in [0.1, 0.15) is 6.92 Å². The fraction of sp³-hybridized carbons (Fsp3) is 0.714. The summed E-state index contributed by atoms with van der Waals surface area (Å²) in [5.41, 5.74) is 0. The number of ether oxygens (including phenoxy) is 1. The van der Waals surface area contributed by atoms with Gasteiger partial charge in [0.25, 0.3) is 0 Å². The standard InChI is InChI=1S/C7H14N2O3/c1-5(10)9-6(4-12-3)7(11)8-2/h6H,4H2,1-3H3,(H,8,11)(H,9,10)/p+1/t6-/m1/s1. The van der Waals surface area contributed by atoms with Crippen LogP contribution < -0.4 is 10.3 Å². The average Bonchev–Trinajstić information content (AvgIpc) is 2.01. The zero-order valence-corrected chi connectivity index (χ0v) is 7.55. The van der Waals surface area contributed by atoms with Crippen LogP contribution in [0.25, 0.3) is 0 Å². The summed E-state index contributed by atoms with van der Waals surface area (Å²) >= 11 is 0. The second-order valence-electron chi connectivity index (χ2n) is 2.34. The van der Waals surface area contributed by atoms with Gasteiger partial charge < -0.3 is 15.2 Å². The van der Waals surface area contributed by atoms with Crippen molar-refractivity contribution < 1.29 is 19.6 Å². The predicted molar refractivity (Wildman–Crippen MR) is 44.0 cm³/mol. The minimum absolute atomic E-state index is 0.00736. The van der Waals surface area contributed by atoms with Crippen LogP contribution in [-0.4, -0.2) is 43.7 Å².